The standard InChI is InChI=1S/C11H12BrN3O3S/c1-15-9(11(12)13-14-15)10(16)7-4-3-5-8(6-7)19(2,17)18/h3-6,10,16H,1-2H3. The van der Waals surface area contributed by atoms with Crippen LogP contribution in [0.4, 0.5) is 0 Å². The Morgan fingerprint density at radius 2 is 2.11 bits per heavy atom. The molecule has 1 atom stereocenters. The first-order chi connectivity index (χ1) is 8.80. The molecule has 0 aliphatic heterocycles. The quantitative estimate of drug-likeness (QED) is 0.898. The molecule has 0 radical (unpaired) electrons. The number of hydrogen-bond acceptors (Lipinski definition) is 5. The predicted octanol–water partition coefficient (Wildman–Crippen LogP) is 1.06. The normalized spacial score (nSPS) is 13.5. The highest BCUT2D eigenvalue weighted by molar-refractivity contribution is 9.10. The minimum atomic E-state index is -3.31. The molecule has 1 aromatic carbocycles. The van der Waals surface area contributed by atoms with Gasteiger partial charge in [0.1, 0.15) is 11.8 Å². The smallest absolute Gasteiger partial charge is 0.175 e. The van der Waals surface area contributed by atoms with E-state index in [1.54, 1.807) is 19.2 Å². The first-order valence-corrected chi connectivity index (χ1v) is 8.02. The van der Waals surface area contributed by atoms with Crippen LogP contribution in [0.15, 0.2) is 33.8 Å². The minimum Gasteiger partial charge on any atom is -0.382 e. The Hall–Kier alpha value is -1.25. The molecule has 0 saturated carbocycles. The highest BCUT2D eigenvalue weighted by atomic mass is 79.9. The first-order valence-electron chi connectivity index (χ1n) is 5.34. The molecule has 102 valence electrons. The summed E-state index contributed by atoms with van der Waals surface area (Å²) in [5.74, 6) is 0. The van der Waals surface area contributed by atoms with Gasteiger partial charge in [0, 0.05) is 13.3 Å². The van der Waals surface area contributed by atoms with Gasteiger partial charge in [-0.25, -0.2) is 13.1 Å². The van der Waals surface area contributed by atoms with Gasteiger partial charge in [-0.2, -0.15) is 0 Å². The zero-order valence-electron chi connectivity index (χ0n) is 10.3. The van der Waals surface area contributed by atoms with E-state index in [-0.39, 0.29) is 4.90 Å². The SMILES string of the molecule is Cn1nnc(Br)c1C(O)c1cccc(S(C)(=O)=O)c1. The van der Waals surface area contributed by atoms with Crippen molar-refractivity contribution >= 4 is 25.8 Å². The molecule has 1 aromatic heterocycles. The summed E-state index contributed by atoms with van der Waals surface area (Å²) in [6, 6.07) is 6.17. The number of aliphatic hydroxyl groups is 1. The molecule has 0 fully saturated rings. The zero-order chi connectivity index (χ0) is 14.2. The number of nitrogens with zero attached hydrogens (tertiary/aromatic N) is 3. The van der Waals surface area contributed by atoms with Crippen molar-refractivity contribution in [2.24, 2.45) is 7.05 Å². The Labute approximate surface area is 119 Å². The van der Waals surface area contributed by atoms with Gasteiger partial charge in [0.25, 0.3) is 0 Å². The Balaban J connectivity index is 2.49. The van der Waals surface area contributed by atoms with Crippen molar-refractivity contribution < 1.29 is 13.5 Å². The molecular formula is C11H12BrN3O3S. The van der Waals surface area contributed by atoms with Crippen LogP contribution in [0.1, 0.15) is 17.4 Å². The van der Waals surface area contributed by atoms with Crippen LogP contribution in [0.25, 0.3) is 0 Å². The molecule has 19 heavy (non-hydrogen) atoms. The number of rotatable bonds is 3. The van der Waals surface area contributed by atoms with Gasteiger partial charge in [-0.1, -0.05) is 17.3 Å². The van der Waals surface area contributed by atoms with Gasteiger partial charge >= 0.3 is 0 Å². The van der Waals surface area contributed by atoms with E-state index in [0.29, 0.717) is 15.9 Å². The predicted molar refractivity (Wildman–Crippen MR) is 72.3 cm³/mol. The molecule has 0 saturated heterocycles. The van der Waals surface area contributed by atoms with E-state index in [9.17, 15) is 13.5 Å². The van der Waals surface area contributed by atoms with E-state index < -0.39 is 15.9 Å². The summed E-state index contributed by atoms with van der Waals surface area (Å²) >= 11 is 3.20. The van der Waals surface area contributed by atoms with E-state index in [2.05, 4.69) is 26.2 Å². The van der Waals surface area contributed by atoms with E-state index in [0.717, 1.165) is 6.26 Å². The van der Waals surface area contributed by atoms with Crippen LogP contribution in [-0.4, -0.2) is 34.8 Å². The Morgan fingerprint density at radius 1 is 1.42 bits per heavy atom. The highest BCUT2D eigenvalue weighted by Crippen LogP contribution is 2.27. The third kappa shape index (κ3) is 2.85. The fraction of sp³-hybridized carbons (Fsp3) is 0.273. The number of benzene rings is 1. The monoisotopic (exact) mass is 345 g/mol. The van der Waals surface area contributed by atoms with Gasteiger partial charge in [-0.3, -0.25) is 0 Å². The summed E-state index contributed by atoms with van der Waals surface area (Å²) in [7, 11) is -1.66. The number of sulfone groups is 1. The van der Waals surface area contributed by atoms with Crippen LogP contribution in [0, 0.1) is 0 Å². The molecular weight excluding hydrogens is 334 g/mol. The zero-order valence-corrected chi connectivity index (χ0v) is 12.7. The number of halogens is 1. The lowest BCUT2D eigenvalue weighted by atomic mass is 10.1. The Morgan fingerprint density at radius 3 is 2.63 bits per heavy atom. The van der Waals surface area contributed by atoms with Crippen LogP contribution in [0.3, 0.4) is 0 Å². The third-order valence-corrected chi connectivity index (χ3v) is 4.36. The summed E-state index contributed by atoms with van der Waals surface area (Å²) in [6.07, 6.45) is 0.121. The second-order valence-corrected chi connectivity index (χ2v) is 6.90. The number of hydrogen-bond donors (Lipinski definition) is 1. The average Bonchev–Trinajstić information content (AvgIpc) is 2.67. The maximum Gasteiger partial charge on any atom is 0.175 e. The summed E-state index contributed by atoms with van der Waals surface area (Å²) in [4.78, 5) is 0.162. The lowest BCUT2D eigenvalue weighted by Gasteiger charge is -2.12. The van der Waals surface area contributed by atoms with Crippen LogP contribution in [-0.2, 0) is 16.9 Å². The van der Waals surface area contributed by atoms with Gasteiger partial charge in [0.15, 0.2) is 14.4 Å². The molecule has 2 aromatic rings. The van der Waals surface area contributed by atoms with Crippen LogP contribution < -0.4 is 0 Å². The van der Waals surface area contributed by atoms with Gasteiger partial charge in [0.05, 0.1) is 4.90 Å². The van der Waals surface area contributed by atoms with Crippen molar-refractivity contribution in [2.45, 2.75) is 11.0 Å². The Kier molecular flexibility index (Phi) is 3.75. The van der Waals surface area contributed by atoms with E-state index in [1.165, 1.54) is 16.8 Å². The fourth-order valence-electron chi connectivity index (χ4n) is 1.70. The van der Waals surface area contributed by atoms with Gasteiger partial charge < -0.3 is 5.11 Å². The molecule has 8 heteroatoms. The van der Waals surface area contributed by atoms with E-state index in [1.807, 2.05) is 0 Å². The summed E-state index contributed by atoms with van der Waals surface area (Å²) in [5, 5.41) is 17.9. The molecule has 6 nitrogen and oxygen atoms in total. The average molecular weight is 346 g/mol. The van der Waals surface area contributed by atoms with Crippen molar-refractivity contribution in [3.05, 3.63) is 40.1 Å². The van der Waals surface area contributed by atoms with Crippen molar-refractivity contribution in [1.29, 1.82) is 0 Å². The van der Waals surface area contributed by atoms with Crippen molar-refractivity contribution in [2.75, 3.05) is 6.26 Å². The number of aryl methyl sites for hydroxylation is 1. The van der Waals surface area contributed by atoms with Gasteiger partial charge in [-0.05, 0) is 33.6 Å². The lowest BCUT2D eigenvalue weighted by Crippen LogP contribution is -2.08. The largest absolute Gasteiger partial charge is 0.382 e. The second-order valence-electron chi connectivity index (χ2n) is 4.14. The molecule has 2 rings (SSSR count). The van der Waals surface area contributed by atoms with Crippen molar-refractivity contribution in [3.8, 4) is 0 Å². The molecule has 1 N–H and O–H groups in total. The molecule has 0 amide bonds. The number of aliphatic hydroxyl groups excluding tert-OH is 1. The Bertz CT molecular complexity index is 692. The van der Waals surface area contributed by atoms with Gasteiger partial charge in [0.2, 0.25) is 0 Å². The molecule has 1 heterocycles. The number of aromatic nitrogens is 3. The van der Waals surface area contributed by atoms with Gasteiger partial charge in [-0.15, -0.1) is 5.10 Å². The third-order valence-electron chi connectivity index (χ3n) is 2.69. The van der Waals surface area contributed by atoms with Crippen LogP contribution in [0.2, 0.25) is 0 Å². The second kappa shape index (κ2) is 5.03. The molecule has 0 spiro atoms. The van der Waals surface area contributed by atoms with Crippen molar-refractivity contribution in [3.63, 3.8) is 0 Å². The highest BCUT2D eigenvalue weighted by Gasteiger charge is 2.20. The van der Waals surface area contributed by atoms with Crippen molar-refractivity contribution in [1.82, 2.24) is 15.0 Å². The first kappa shape index (κ1) is 14.2. The summed E-state index contributed by atoms with van der Waals surface area (Å²) < 4.78 is 24.9. The van der Waals surface area contributed by atoms with E-state index in [4.69, 9.17) is 0 Å². The summed E-state index contributed by atoms with van der Waals surface area (Å²) in [6.45, 7) is 0. The topological polar surface area (TPSA) is 85.1 Å². The maximum absolute atomic E-state index is 11.5. The minimum absolute atomic E-state index is 0.162. The molecule has 0 aliphatic rings. The fourth-order valence-corrected chi connectivity index (χ4v) is 2.92. The van der Waals surface area contributed by atoms with Crippen LogP contribution >= 0.6 is 15.9 Å². The summed E-state index contributed by atoms with van der Waals surface area (Å²) in [5.41, 5.74) is 0.930. The molecule has 0 aliphatic carbocycles. The maximum atomic E-state index is 11.5. The molecule has 0 bridgehead atoms. The van der Waals surface area contributed by atoms with Crippen LogP contribution in [0.5, 0.6) is 0 Å². The van der Waals surface area contributed by atoms with E-state index >= 15 is 0 Å². The lowest BCUT2D eigenvalue weighted by molar-refractivity contribution is 0.208. The molecule has 1 unspecified atom stereocenters.